The zero-order valence-corrected chi connectivity index (χ0v) is 7.15. The van der Waals surface area contributed by atoms with Crippen molar-refractivity contribution in [1.82, 2.24) is 5.32 Å². The van der Waals surface area contributed by atoms with Crippen molar-refractivity contribution in [1.29, 1.82) is 0 Å². The maximum absolute atomic E-state index is 7.83. The van der Waals surface area contributed by atoms with E-state index in [4.69, 9.17) is 2.74 Å². The fourth-order valence-corrected chi connectivity index (χ4v) is 1.31. The molecule has 0 aliphatic carbocycles. The number of rotatable bonds is 0. The Labute approximate surface area is 67.0 Å². The first kappa shape index (κ1) is 5.59. The number of hydrogen-bond acceptors (Lipinski definition) is 1. The molecule has 60 valence electrons. The SMILES string of the molecule is [2H]C1CC(C(C)(C)C)C([2H])CN1. The van der Waals surface area contributed by atoms with E-state index in [1.807, 2.05) is 0 Å². The first-order valence-corrected chi connectivity index (χ1v) is 3.99. The van der Waals surface area contributed by atoms with Crippen LogP contribution in [-0.2, 0) is 0 Å². The van der Waals surface area contributed by atoms with Crippen LogP contribution in [0.25, 0.3) is 0 Å². The van der Waals surface area contributed by atoms with E-state index in [0.717, 1.165) is 6.42 Å². The van der Waals surface area contributed by atoms with Crippen molar-refractivity contribution in [3.8, 4) is 0 Å². The highest BCUT2D eigenvalue weighted by molar-refractivity contribution is 4.78. The molecule has 1 heterocycles. The molecule has 3 atom stereocenters. The van der Waals surface area contributed by atoms with Crippen molar-refractivity contribution >= 4 is 0 Å². The standard InChI is InChI=1S/C9H19N/c1-9(2,3)8-4-6-10-7-5-8/h8,10H,4-7H2,1-3H3/i4D,7D. The summed E-state index contributed by atoms with van der Waals surface area (Å²) >= 11 is 0. The van der Waals surface area contributed by atoms with E-state index in [0.29, 0.717) is 12.5 Å². The minimum Gasteiger partial charge on any atom is -0.317 e. The topological polar surface area (TPSA) is 12.0 Å². The van der Waals surface area contributed by atoms with Crippen molar-refractivity contribution < 1.29 is 2.74 Å². The minimum absolute atomic E-state index is 0.0356. The van der Waals surface area contributed by atoms with Crippen LogP contribution in [0.2, 0.25) is 0 Å². The third-order valence-corrected chi connectivity index (χ3v) is 2.15. The number of piperidine rings is 1. The van der Waals surface area contributed by atoms with E-state index in [-0.39, 0.29) is 18.3 Å². The Morgan fingerprint density at radius 1 is 1.50 bits per heavy atom. The van der Waals surface area contributed by atoms with Gasteiger partial charge in [-0.1, -0.05) is 20.8 Å². The summed E-state index contributed by atoms with van der Waals surface area (Å²) in [4.78, 5) is 0. The smallest absolute Gasteiger partial charge is 0.0428 e. The molecule has 1 aliphatic heterocycles. The van der Waals surface area contributed by atoms with Crippen LogP contribution in [0.1, 0.15) is 36.3 Å². The molecule has 1 heteroatoms. The summed E-state index contributed by atoms with van der Waals surface area (Å²) in [6.45, 7) is 7.01. The molecule has 1 fully saturated rings. The summed E-state index contributed by atoms with van der Waals surface area (Å²) in [5.74, 6) is 0.362. The summed E-state index contributed by atoms with van der Waals surface area (Å²) in [5.41, 5.74) is 0.174. The van der Waals surface area contributed by atoms with Gasteiger partial charge < -0.3 is 5.32 Å². The average molecular weight is 143 g/mol. The molecule has 1 rings (SSSR count). The van der Waals surface area contributed by atoms with Gasteiger partial charge in [-0.2, -0.15) is 0 Å². The lowest BCUT2D eigenvalue weighted by molar-refractivity contribution is 0.188. The predicted octanol–water partition coefficient (Wildman–Crippen LogP) is 2.03. The van der Waals surface area contributed by atoms with Gasteiger partial charge >= 0.3 is 0 Å². The molecule has 0 bridgehead atoms. The Bertz CT molecular complexity index is 153. The Kier molecular flexibility index (Phi) is 1.63. The van der Waals surface area contributed by atoms with Crippen molar-refractivity contribution in [2.75, 3.05) is 13.1 Å². The third-order valence-electron chi connectivity index (χ3n) is 2.15. The maximum atomic E-state index is 7.83. The summed E-state index contributed by atoms with van der Waals surface area (Å²) in [6, 6.07) is 0. The van der Waals surface area contributed by atoms with Crippen molar-refractivity contribution in [2.24, 2.45) is 11.3 Å². The van der Waals surface area contributed by atoms with Gasteiger partial charge in [0.2, 0.25) is 0 Å². The van der Waals surface area contributed by atoms with Gasteiger partial charge in [0.1, 0.15) is 0 Å². The van der Waals surface area contributed by atoms with Crippen LogP contribution in [-0.4, -0.2) is 13.1 Å². The molecule has 1 saturated heterocycles. The summed E-state index contributed by atoms with van der Waals surface area (Å²) in [6.07, 6.45) is 0.782. The number of nitrogens with one attached hydrogen (secondary N) is 1. The van der Waals surface area contributed by atoms with E-state index in [2.05, 4.69) is 26.1 Å². The van der Waals surface area contributed by atoms with Gasteiger partial charge in [0.05, 0.1) is 0 Å². The normalized spacial score (nSPS) is 46.1. The Balaban J connectivity index is 2.61. The molecule has 0 aromatic heterocycles. The van der Waals surface area contributed by atoms with Gasteiger partial charge in [-0.15, -0.1) is 0 Å². The largest absolute Gasteiger partial charge is 0.317 e. The number of hydrogen-bond donors (Lipinski definition) is 1. The molecule has 3 unspecified atom stereocenters. The summed E-state index contributed by atoms with van der Waals surface area (Å²) in [7, 11) is 0. The van der Waals surface area contributed by atoms with E-state index in [1.165, 1.54) is 0 Å². The fraction of sp³-hybridized carbons (Fsp3) is 1.00. The van der Waals surface area contributed by atoms with Gasteiger partial charge in [-0.25, -0.2) is 0 Å². The molecule has 0 saturated carbocycles. The first-order valence-electron chi connectivity index (χ1n) is 5.14. The minimum atomic E-state index is -0.157. The van der Waals surface area contributed by atoms with E-state index in [1.54, 1.807) is 0 Å². The summed E-state index contributed by atoms with van der Waals surface area (Å²) in [5, 5.41) is 3.01. The van der Waals surface area contributed by atoms with Gasteiger partial charge in [0, 0.05) is 2.74 Å². The molecule has 0 amide bonds. The monoisotopic (exact) mass is 143 g/mol. The summed E-state index contributed by atoms with van der Waals surface area (Å²) < 4.78 is 15.4. The Morgan fingerprint density at radius 2 is 2.20 bits per heavy atom. The second-order valence-electron chi connectivity index (χ2n) is 4.06. The molecule has 1 nitrogen and oxygen atoms in total. The van der Waals surface area contributed by atoms with Crippen molar-refractivity contribution in [3.63, 3.8) is 0 Å². The van der Waals surface area contributed by atoms with Crippen molar-refractivity contribution in [2.45, 2.75) is 33.6 Å². The van der Waals surface area contributed by atoms with E-state index < -0.39 is 0 Å². The first-order chi connectivity index (χ1) is 5.41. The predicted molar refractivity (Wildman–Crippen MR) is 45.0 cm³/mol. The highest BCUT2D eigenvalue weighted by Gasteiger charge is 2.25. The molecule has 0 aromatic carbocycles. The molecule has 0 spiro atoms. The molecule has 1 N–H and O–H groups in total. The molecular formula is C9H19N. The zero-order chi connectivity index (χ0) is 9.35. The van der Waals surface area contributed by atoms with Gasteiger partial charge in [0.25, 0.3) is 0 Å². The second kappa shape index (κ2) is 2.91. The Hall–Kier alpha value is -0.0400. The molecule has 1 aliphatic rings. The Morgan fingerprint density at radius 3 is 2.70 bits per heavy atom. The van der Waals surface area contributed by atoms with Crippen LogP contribution in [0.15, 0.2) is 0 Å². The lowest BCUT2D eigenvalue weighted by Crippen LogP contribution is -2.34. The zero-order valence-electron chi connectivity index (χ0n) is 9.15. The van der Waals surface area contributed by atoms with Gasteiger partial charge in [-0.3, -0.25) is 0 Å². The quantitative estimate of drug-likeness (QED) is 0.547. The second-order valence-corrected chi connectivity index (χ2v) is 4.06. The van der Waals surface area contributed by atoms with Crippen LogP contribution in [0, 0.1) is 11.3 Å². The van der Waals surface area contributed by atoms with Crippen LogP contribution in [0.5, 0.6) is 0 Å². The van der Waals surface area contributed by atoms with Crippen LogP contribution < -0.4 is 5.32 Å². The van der Waals surface area contributed by atoms with Crippen LogP contribution in [0.3, 0.4) is 0 Å². The lowest BCUT2D eigenvalue weighted by Gasteiger charge is -2.34. The van der Waals surface area contributed by atoms with Gasteiger partial charge in [0.15, 0.2) is 0 Å². The highest BCUT2D eigenvalue weighted by Crippen LogP contribution is 2.32. The maximum Gasteiger partial charge on any atom is 0.0428 e. The molecule has 0 aromatic rings. The fourth-order valence-electron chi connectivity index (χ4n) is 1.31. The molecule has 0 radical (unpaired) electrons. The highest BCUT2D eigenvalue weighted by atomic mass is 14.9. The van der Waals surface area contributed by atoms with E-state index >= 15 is 0 Å². The van der Waals surface area contributed by atoms with Crippen molar-refractivity contribution in [3.05, 3.63) is 0 Å². The van der Waals surface area contributed by atoms with Crippen LogP contribution in [0.4, 0.5) is 0 Å². The average Bonchev–Trinajstić information content (AvgIpc) is 1.92. The molecular weight excluding hydrogens is 122 g/mol. The molecule has 10 heavy (non-hydrogen) atoms. The van der Waals surface area contributed by atoms with E-state index in [9.17, 15) is 0 Å². The van der Waals surface area contributed by atoms with Gasteiger partial charge in [-0.05, 0) is 37.2 Å². The lowest BCUT2D eigenvalue weighted by atomic mass is 9.76. The third kappa shape index (κ3) is 1.98. The van der Waals surface area contributed by atoms with Crippen LogP contribution >= 0.6 is 0 Å².